The maximum Gasteiger partial charge on any atom is 0.289 e. The summed E-state index contributed by atoms with van der Waals surface area (Å²) in [4.78, 5) is 24.3. The average Bonchev–Trinajstić information content (AvgIpc) is 2.43. The largest absolute Gasteiger partial charge is 0.325 e. The second-order valence-corrected chi connectivity index (χ2v) is 5.40. The third-order valence-electron chi connectivity index (χ3n) is 3.41. The van der Waals surface area contributed by atoms with E-state index < -0.39 is 4.92 Å². The van der Waals surface area contributed by atoms with Crippen molar-refractivity contribution < 1.29 is 9.72 Å². The first-order valence-corrected chi connectivity index (χ1v) is 7.03. The Morgan fingerprint density at radius 3 is 2.95 bits per heavy atom. The number of nitrogens with one attached hydrogen (secondary N) is 2. The summed E-state index contributed by atoms with van der Waals surface area (Å²) >= 11 is 5.73. The number of benzene rings is 1. The minimum absolute atomic E-state index is 0. The van der Waals surface area contributed by atoms with Gasteiger partial charge in [-0.05, 0) is 19.1 Å². The minimum atomic E-state index is -0.573. The van der Waals surface area contributed by atoms with Crippen molar-refractivity contribution in [2.45, 2.75) is 13.0 Å². The number of nitrogens with zero attached hydrogens (tertiary/aromatic N) is 2. The molecule has 0 unspecified atom stereocenters. The smallest absolute Gasteiger partial charge is 0.289 e. The average molecular weight is 349 g/mol. The summed E-state index contributed by atoms with van der Waals surface area (Å²) in [5, 5.41) is 16.8. The van der Waals surface area contributed by atoms with E-state index in [9.17, 15) is 14.9 Å². The number of hydrogen-bond acceptors (Lipinski definition) is 5. The first-order valence-electron chi connectivity index (χ1n) is 6.66. The van der Waals surface area contributed by atoms with Gasteiger partial charge in [0.05, 0.1) is 11.5 Å². The fourth-order valence-electron chi connectivity index (χ4n) is 2.23. The molecule has 1 aliphatic rings. The molecular weight excluding hydrogens is 331 g/mol. The van der Waals surface area contributed by atoms with Crippen LogP contribution in [0.15, 0.2) is 18.2 Å². The molecular formula is C13H18Cl2N4O3. The standard InChI is InChI=1S/C13H17ClN4O3.ClH/c1-9-7-15-4-5-17(9)8-13(19)16-10-2-3-11(14)12(6-10)18(20)21;/h2-3,6,9,15H,4-5,7-8H2,1H3,(H,16,19);1H/t9-;/m0./s1. The van der Waals surface area contributed by atoms with E-state index in [0.717, 1.165) is 19.6 Å². The van der Waals surface area contributed by atoms with E-state index in [0.29, 0.717) is 5.69 Å². The van der Waals surface area contributed by atoms with Gasteiger partial charge in [-0.25, -0.2) is 0 Å². The van der Waals surface area contributed by atoms with Crippen molar-refractivity contribution >= 4 is 41.3 Å². The molecule has 0 aliphatic carbocycles. The lowest BCUT2D eigenvalue weighted by Crippen LogP contribution is -2.51. The van der Waals surface area contributed by atoms with Crippen molar-refractivity contribution in [1.82, 2.24) is 10.2 Å². The Balaban J connectivity index is 0.00000242. The molecule has 9 heteroatoms. The number of nitro benzene ring substituents is 1. The van der Waals surface area contributed by atoms with Gasteiger partial charge in [0.15, 0.2) is 0 Å². The highest BCUT2D eigenvalue weighted by atomic mass is 35.5. The van der Waals surface area contributed by atoms with Crippen molar-refractivity contribution in [1.29, 1.82) is 0 Å². The van der Waals surface area contributed by atoms with Gasteiger partial charge >= 0.3 is 0 Å². The second-order valence-electron chi connectivity index (χ2n) is 5.00. The van der Waals surface area contributed by atoms with E-state index in [4.69, 9.17) is 11.6 Å². The summed E-state index contributed by atoms with van der Waals surface area (Å²) in [6.45, 7) is 4.81. The van der Waals surface area contributed by atoms with Crippen LogP contribution in [0.1, 0.15) is 6.92 Å². The molecule has 2 N–H and O–H groups in total. The van der Waals surface area contributed by atoms with Gasteiger partial charge in [0, 0.05) is 37.4 Å². The Hall–Kier alpha value is -1.41. The maximum atomic E-state index is 12.0. The molecule has 1 atom stereocenters. The van der Waals surface area contributed by atoms with Gasteiger partial charge in [0.25, 0.3) is 5.69 Å². The van der Waals surface area contributed by atoms with Gasteiger partial charge < -0.3 is 10.6 Å². The van der Waals surface area contributed by atoms with Crippen molar-refractivity contribution in [3.8, 4) is 0 Å². The summed E-state index contributed by atoms with van der Waals surface area (Å²) in [5.74, 6) is -0.194. The van der Waals surface area contributed by atoms with E-state index in [1.165, 1.54) is 12.1 Å². The van der Waals surface area contributed by atoms with Crippen LogP contribution in [0.3, 0.4) is 0 Å². The maximum absolute atomic E-state index is 12.0. The summed E-state index contributed by atoms with van der Waals surface area (Å²) in [6, 6.07) is 4.50. The van der Waals surface area contributed by atoms with Crippen LogP contribution in [-0.2, 0) is 4.79 Å². The third-order valence-corrected chi connectivity index (χ3v) is 3.73. The molecule has 1 aromatic rings. The van der Waals surface area contributed by atoms with Gasteiger partial charge in [0.2, 0.25) is 5.91 Å². The van der Waals surface area contributed by atoms with E-state index >= 15 is 0 Å². The third kappa shape index (κ3) is 4.81. The van der Waals surface area contributed by atoms with Crippen LogP contribution in [0.25, 0.3) is 0 Å². The van der Waals surface area contributed by atoms with Crippen molar-refractivity contribution in [3.05, 3.63) is 33.3 Å². The van der Waals surface area contributed by atoms with Crippen LogP contribution in [0.5, 0.6) is 0 Å². The molecule has 122 valence electrons. The Bertz CT molecular complexity index is 556. The molecule has 7 nitrogen and oxygen atoms in total. The number of hydrogen-bond donors (Lipinski definition) is 2. The van der Waals surface area contributed by atoms with Gasteiger partial charge in [-0.2, -0.15) is 0 Å². The molecule has 1 saturated heterocycles. The van der Waals surface area contributed by atoms with E-state index in [2.05, 4.69) is 15.5 Å². The summed E-state index contributed by atoms with van der Waals surface area (Å²) in [6.07, 6.45) is 0. The van der Waals surface area contributed by atoms with Crippen LogP contribution in [0.4, 0.5) is 11.4 Å². The fourth-order valence-corrected chi connectivity index (χ4v) is 2.42. The molecule has 1 amide bonds. The summed E-state index contributed by atoms with van der Waals surface area (Å²) < 4.78 is 0. The first kappa shape index (κ1) is 18.6. The van der Waals surface area contributed by atoms with E-state index in [-0.39, 0.29) is 41.6 Å². The zero-order chi connectivity index (χ0) is 15.4. The predicted octanol–water partition coefficient (Wildman–Crippen LogP) is 1.90. The summed E-state index contributed by atoms with van der Waals surface area (Å²) in [5.41, 5.74) is 0.156. The number of carbonyl (C=O) groups is 1. The molecule has 0 spiro atoms. The van der Waals surface area contributed by atoms with Gasteiger partial charge in [-0.15, -0.1) is 12.4 Å². The number of nitro groups is 1. The number of piperazine rings is 1. The Kier molecular flexibility index (Phi) is 7.02. The molecule has 1 aromatic carbocycles. The van der Waals surface area contributed by atoms with E-state index in [1.54, 1.807) is 6.07 Å². The minimum Gasteiger partial charge on any atom is -0.325 e. The second kappa shape index (κ2) is 8.28. The SMILES string of the molecule is C[C@H]1CNCCN1CC(=O)Nc1ccc(Cl)c([N+](=O)[O-])c1.Cl. The lowest BCUT2D eigenvalue weighted by molar-refractivity contribution is -0.384. The van der Waals surface area contributed by atoms with Crippen LogP contribution in [0, 0.1) is 10.1 Å². The molecule has 22 heavy (non-hydrogen) atoms. The van der Waals surface area contributed by atoms with Crippen molar-refractivity contribution in [2.75, 3.05) is 31.5 Å². The molecule has 0 saturated carbocycles. The van der Waals surface area contributed by atoms with E-state index in [1.807, 2.05) is 6.92 Å². The van der Waals surface area contributed by atoms with Gasteiger partial charge in [-0.1, -0.05) is 11.6 Å². The fraction of sp³-hybridized carbons (Fsp3) is 0.462. The highest BCUT2D eigenvalue weighted by molar-refractivity contribution is 6.32. The molecule has 1 aliphatic heterocycles. The van der Waals surface area contributed by atoms with Crippen LogP contribution in [0.2, 0.25) is 5.02 Å². The molecule has 0 bridgehead atoms. The lowest BCUT2D eigenvalue weighted by Gasteiger charge is -2.33. The Morgan fingerprint density at radius 2 is 2.32 bits per heavy atom. The highest BCUT2D eigenvalue weighted by Crippen LogP contribution is 2.27. The number of anilines is 1. The predicted molar refractivity (Wildman–Crippen MR) is 87.9 cm³/mol. The molecule has 0 aromatic heterocycles. The monoisotopic (exact) mass is 348 g/mol. The zero-order valence-electron chi connectivity index (χ0n) is 12.0. The number of halogens is 2. The number of carbonyl (C=O) groups excluding carboxylic acids is 1. The van der Waals surface area contributed by atoms with Crippen LogP contribution < -0.4 is 10.6 Å². The molecule has 1 fully saturated rings. The molecule has 0 radical (unpaired) electrons. The van der Waals surface area contributed by atoms with Crippen LogP contribution >= 0.6 is 24.0 Å². The van der Waals surface area contributed by atoms with Crippen molar-refractivity contribution in [3.63, 3.8) is 0 Å². The molecule has 2 rings (SSSR count). The highest BCUT2D eigenvalue weighted by Gasteiger charge is 2.21. The Labute approximate surface area is 139 Å². The number of rotatable bonds is 4. The summed E-state index contributed by atoms with van der Waals surface area (Å²) in [7, 11) is 0. The quantitative estimate of drug-likeness (QED) is 0.640. The van der Waals surface area contributed by atoms with Crippen molar-refractivity contribution in [2.24, 2.45) is 0 Å². The van der Waals surface area contributed by atoms with Gasteiger partial charge in [-0.3, -0.25) is 19.8 Å². The molecule has 1 heterocycles. The number of amides is 1. The first-order chi connectivity index (χ1) is 9.97. The zero-order valence-corrected chi connectivity index (χ0v) is 13.6. The topological polar surface area (TPSA) is 87.5 Å². The Morgan fingerprint density at radius 1 is 1.59 bits per heavy atom. The lowest BCUT2D eigenvalue weighted by atomic mass is 10.2. The normalized spacial score (nSPS) is 18.4. The van der Waals surface area contributed by atoms with Crippen LogP contribution in [-0.4, -0.2) is 48.0 Å². The van der Waals surface area contributed by atoms with Gasteiger partial charge in [0.1, 0.15) is 5.02 Å².